The summed E-state index contributed by atoms with van der Waals surface area (Å²) >= 11 is 0. The van der Waals surface area contributed by atoms with E-state index in [4.69, 9.17) is 15.2 Å². The number of fused-ring (bicyclic) bond motifs is 5. The summed E-state index contributed by atoms with van der Waals surface area (Å²) in [5.41, 5.74) is 13.0. The average molecular weight is 604 g/mol. The number of alkyl halides is 2. The number of anilines is 1. The highest BCUT2D eigenvalue weighted by Crippen LogP contribution is 2.33. The number of carbonyl (C=O) groups excluding carboxylic acids is 3. The first-order valence-corrected chi connectivity index (χ1v) is 12.6. The molecule has 1 atom stereocenters. The number of rotatable bonds is 5. The number of benzene rings is 2. The minimum absolute atomic E-state index is 0.0369. The number of halogens is 3. The zero-order valence-electron chi connectivity index (χ0n) is 23.1. The highest BCUT2D eigenvalue weighted by molar-refractivity contribution is 5.98. The molecule has 228 valence electrons. The van der Waals surface area contributed by atoms with E-state index in [2.05, 4.69) is 36.1 Å². The summed E-state index contributed by atoms with van der Waals surface area (Å²) in [7, 11) is 0. The number of nitrogens with zero attached hydrogens (tertiary/aromatic N) is 3. The summed E-state index contributed by atoms with van der Waals surface area (Å²) in [6, 6.07) is 12.9. The van der Waals surface area contributed by atoms with Gasteiger partial charge < -0.3 is 20.5 Å². The van der Waals surface area contributed by atoms with Gasteiger partial charge in [-0.15, -0.1) is 0 Å². The Morgan fingerprint density at radius 1 is 1.12 bits per heavy atom. The van der Waals surface area contributed by atoms with Crippen molar-refractivity contribution >= 4 is 29.3 Å². The van der Waals surface area contributed by atoms with Crippen LogP contribution in [0.4, 0.5) is 19.0 Å². The standard InChI is InChI=1S/C24H25N7O4.C3H3F3O2/c1-14(2)35-19-8-5-16-11-20(19)34-13-28-22(25)15-3-6-17(7-4-15)29-21(16)24(33)31-30-23(32)18-9-10-26-12-27-18;1-3(4,5)2(7)8-6/h3-12,14,21,29H,13H2,1-2H3,(H2,25,28)(H,30,32)(H,31,33);1H3. The van der Waals surface area contributed by atoms with Crippen molar-refractivity contribution in [3.63, 3.8) is 0 Å². The molecular formula is C27H28F3N7O6. The lowest BCUT2D eigenvalue weighted by Gasteiger charge is -2.22. The molecule has 0 spiro atoms. The Hall–Kier alpha value is -5.41. The number of nitrogens with one attached hydrogen (secondary N) is 3. The van der Waals surface area contributed by atoms with E-state index in [1.54, 1.807) is 42.5 Å². The van der Waals surface area contributed by atoms with Crippen LogP contribution in [0, 0.1) is 0 Å². The molecule has 0 aliphatic carbocycles. The zero-order chi connectivity index (χ0) is 31.6. The van der Waals surface area contributed by atoms with Crippen LogP contribution in [-0.2, 0) is 14.5 Å². The number of hydrogen-bond acceptors (Lipinski definition) is 11. The van der Waals surface area contributed by atoms with Gasteiger partial charge in [0, 0.05) is 28.9 Å². The molecule has 3 aromatic rings. The van der Waals surface area contributed by atoms with Gasteiger partial charge in [-0.1, -0.05) is 6.07 Å². The summed E-state index contributed by atoms with van der Waals surface area (Å²) in [5.74, 6) is -5.76. The molecule has 2 aliphatic rings. The van der Waals surface area contributed by atoms with Crippen molar-refractivity contribution in [2.75, 3.05) is 12.0 Å². The van der Waals surface area contributed by atoms with Crippen molar-refractivity contribution in [2.24, 2.45) is 10.7 Å². The molecule has 0 saturated heterocycles. The summed E-state index contributed by atoms with van der Waals surface area (Å²) in [6.07, 6.45) is 2.59. The molecule has 43 heavy (non-hydrogen) atoms. The van der Waals surface area contributed by atoms with Crippen molar-refractivity contribution in [2.45, 2.75) is 38.8 Å². The number of hydrogen-bond donors (Lipinski definition) is 4. The summed E-state index contributed by atoms with van der Waals surface area (Å²) in [5, 5.41) is 3.19. The minimum Gasteiger partial charge on any atom is -0.487 e. The van der Waals surface area contributed by atoms with Gasteiger partial charge in [-0.05, 0) is 61.9 Å². The van der Waals surface area contributed by atoms with Gasteiger partial charge in [-0.3, -0.25) is 20.4 Å². The molecule has 2 amide bonds. The summed E-state index contributed by atoms with van der Waals surface area (Å²) < 4.78 is 45.1. The van der Waals surface area contributed by atoms with Gasteiger partial charge in [0.25, 0.3) is 11.8 Å². The van der Waals surface area contributed by atoms with E-state index in [0.29, 0.717) is 34.1 Å². The van der Waals surface area contributed by atoms with E-state index < -0.39 is 29.7 Å². The molecule has 13 nitrogen and oxygen atoms in total. The van der Waals surface area contributed by atoms with Gasteiger partial charge in [0.1, 0.15) is 23.9 Å². The normalized spacial score (nSPS) is 15.3. The monoisotopic (exact) mass is 603 g/mol. The quantitative estimate of drug-likeness (QED) is 0.317. The Morgan fingerprint density at radius 2 is 1.84 bits per heavy atom. The lowest BCUT2D eigenvalue weighted by molar-refractivity contribution is -0.209. The molecular weight excluding hydrogens is 575 g/mol. The van der Waals surface area contributed by atoms with Crippen LogP contribution in [0.1, 0.15) is 48.4 Å². The Kier molecular flexibility index (Phi) is 10.8. The van der Waals surface area contributed by atoms with Gasteiger partial charge >= 0.3 is 11.9 Å². The van der Waals surface area contributed by atoms with Crippen LogP contribution >= 0.6 is 0 Å². The molecule has 16 heteroatoms. The van der Waals surface area contributed by atoms with Crippen LogP contribution in [0.2, 0.25) is 0 Å². The Bertz CT molecular complexity index is 1450. The third-order valence-corrected chi connectivity index (χ3v) is 5.41. The third-order valence-electron chi connectivity index (χ3n) is 5.41. The van der Waals surface area contributed by atoms with E-state index in [0.717, 1.165) is 0 Å². The van der Waals surface area contributed by atoms with Crippen molar-refractivity contribution in [1.29, 1.82) is 0 Å². The summed E-state index contributed by atoms with van der Waals surface area (Å²) in [4.78, 5) is 49.2. The third kappa shape index (κ3) is 9.31. The summed E-state index contributed by atoms with van der Waals surface area (Å²) in [6.45, 7) is 4.01. The molecule has 5 rings (SSSR count). The van der Waals surface area contributed by atoms with Crippen LogP contribution < -0.4 is 31.4 Å². The number of nitrogens with two attached hydrogens (primary N) is 1. The number of carbonyl (C=O) groups is 3. The molecule has 5 N–H and O–H groups in total. The zero-order valence-corrected chi connectivity index (χ0v) is 23.1. The molecule has 4 bridgehead atoms. The Morgan fingerprint density at radius 3 is 2.42 bits per heavy atom. The fourth-order valence-electron chi connectivity index (χ4n) is 3.38. The van der Waals surface area contributed by atoms with Crippen LogP contribution in [0.3, 0.4) is 0 Å². The number of aromatic nitrogens is 2. The fraction of sp³-hybridized carbons (Fsp3) is 0.259. The van der Waals surface area contributed by atoms with E-state index in [9.17, 15) is 27.7 Å². The maximum absolute atomic E-state index is 13.2. The highest BCUT2D eigenvalue weighted by Gasteiger charge is 2.35. The number of aliphatic imine (C=N–C) groups is 1. The molecule has 2 aromatic carbocycles. The number of amides is 2. The maximum atomic E-state index is 13.2. The average Bonchev–Trinajstić information content (AvgIpc) is 3.00. The number of ether oxygens (including phenoxy) is 2. The van der Waals surface area contributed by atoms with Gasteiger partial charge in [-0.2, -0.15) is 8.78 Å². The van der Waals surface area contributed by atoms with Crippen LogP contribution in [0.15, 0.2) is 66.0 Å². The first kappa shape index (κ1) is 32.1. The number of amidine groups is 1. The second kappa shape index (κ2) is 14.5. The Balaban J connectivity index is 0.000000557. The largest absolute Gasteiger partial charge is 0.487 e. The second-order valence-corrected chi connectivity index (χ2v) is 9.14. The van der Waals surface area contributed by atoms with Gasteiger partial charge in [0.05, 0.1) is 6.10 Å². The predicted molar refractivity (Wildman–Crippen MR) is 147 cm³/mol. The topological polar surface area (TPSA) is 179 Å². The van der Waals surface area contributed by atoms with E-state index in [-0.39, 0.29) is 25.5 Å². The highest BCUT2D eigenvalue weighted by atomic mass is 19.3. The smallest absolute Gasteiger partial charge is 0.417 e. The minimum atomic E-state index is -3.73. The van der Waals surface area contributed by atoms with Gasteiger partial charge in [0.2, 0.25) is 0 Å². The van der Waals surface area contributed by atoms with Crippen molar-refractivity contribution in [3.05, 3.63) is 77.9 Å². The Labute approximate surface area is 243 Å². The first-order valence-electron chi connectivity index (χ1n) is 12.6. The van der Waals surface area contributed by atoms with E-state index in [1.165, 1.54) is 18.6 Å². The maximum Gasteiger partial charge on any atom is 0.417 e. The lowest BCUT2D eigenvalue weighted by Crippen LogP contribution is -2.45. The molecule has 1 aromatic heterocycles. The number of hydrazine groups is 1. The van der Waals surface area contributed by atoms with Crippen molar-refractivity contribution in [3.8, 4) is 11.5 Å². The SMILES string of the molecule is CC(C)Oc1ccc2cc1OC/N=C(/N)c1ccc(cc1)NC2C(=O)NNC(=O)c1ccncn1.CC(F)(F)C(=O)OF. The van der Waals surface area contributed by atoms with Crippen LogP contribution in [-0.4, -0.2) is 52.3 Å². The molecule has 0 radical (unpaired) electrons. The van der Waals surface area contributed by atoms with Gasteiger partial charge in [-0.25, -0.2) is 24.7 Å². The van der Waals surface area contributed by atoms with Crippen LogP contribution in [0.5, 0.6) is 11.5 Å². The first-order chi connectivity index (χ1) is 20.4. The van der Waals surface area contributed by atoms with Crippen LogP contribution in [0.25, 0.3) is 0 Å². The van der Waals surface area contributed by atoms with E-state index >= 15 is 0 Å². The van der Waals surface area contributed by atoms with Crippen molar-refractivity contribution in [1.82, 2.24) is 20.8 Å². The van der Waals surface area contributed by atoms with Crippen molar-refractivity contribution < 1.29 is 42.1 Å². The predicted octanol–water partition coefficient (Wildman–Crippen LogP) is 3.00. The molecule has 2 aliphatic heterocycles. The second-order valence-electron chi connectivity index (χ2n) is 9.14. The molecule has 3 heterocycles. The molecule has 1 unspecified atom stereocenters. The fourth-order valence-corrected chi connectivity index (χ4v) is 3.38. The van der Waals surface area contributed by atoms with Gasteiger partial charge in [0.15, 0.2) is 18.2 Å². The van der Waals surface area contributed by atoms with E-state index in [1.807, 2.05) is 13.8 Å². The molecule has 0 fully saturated rings. The lowest BCUT2D eigenvalue weighted by atomic mass is 10.0. The molecule has 0 saturated carbocycles.